The topological polar surface area (TPSA) is 81.2 Å². The summed E-state index contributed by atoms with van der Waals surface area (Å²) >= 11 is 0. The summed E-state index contributed by atoms with van der Waals surface area (Å²) in [5, 5.41) is 2.54. The number of amides is 1. The number of fused-ring (bicyclic) bond motifs is 1. The zero-order valence-corrected chi connectivity index (χ0v) is 11.2. The Bertz CT molecular complexity index is 652. The van der Waals surface area contributed by atoms with Crippen molar-refractivity contribution in [3.8, 4) is 0 Å². The maximum atomic E-state index is 12.5. The number of hydrogen-bond acceptors (Lipinski definition) is 4. The lowest BCUT2D eigenvalue weighted by molar-refractivity contribution is -0.156. The van der Waals surface area contributed by atoms with Gasteiger partial charge in [-0.05, 0) is 24.6 Å². The molecule has 3 N–H and O–H groups in total. The van der Waals surface area contributed by atoms with Gasteiger partial charge in [-0.1, -0.05) is 13.3 Å². The van der Waals surface area contributed by atoms with Gasteiger partial charge in [0.25, 0.3) is 0 Å². The molecule has 8 heteroatoms. The first-order valence-corrected chi connectivity index (χ1v) is 6.35. The average Bonchev–Trinajstić information content (AvgIpc) is 2.82. The van der Waals surface area contributed by atoms with Gasteiger partial charge in [-0.3, -0.25) is 4.79 Å². The molecule has 2 rings (SSSR count). The first kappa shape index (κ1) is 15.3. The number of halogens is 3. The maximum Gasteiger partial charge on any atom is 0.468 e. The van der Waals surface area contributed by atoms with E-state index < -0.39 is 24.0 Å². The summed E-state index contributed by atoms with van der Waals surface area (Å²) in [6.45, 7) is 1.90. The lowest BCUT2D eigenvalue weighted by atomic mass is 10.1. The lowest BCUT2D eigenvalue weighted by Crippen LogP contribution is -2.35. The quantitative estimate of drug-likeness (QED) is 0.909. The molecule has 0 fully saturated rings. The molecule has 1 aromatic heterocycles. The van der Waals surface area contributed by atoms with Gasteiger partial charge in [0.1, 0.15) is 5.52 Å². The van der Waals surface area contributed by atoms with E-state index in [0.29, 0.717) is 12.1 Å². The molecule has 0 aliphatic carbocycles. The largest absolute Gasteiger partial charge is 0.468 e. The second-order valence-electron chi connectivity index (χ2n) is 4.58. The monoisotopic (exact) mass is 301 g/mol. The molecule has 0 bridgehead atoms. The van der Waals surface area contributed by atoms with Crippen LogP contribution in [0.1, 0.15) is 25.7 Å². The fourth-order valence-electron chi connectivity index (χ4n) is 1.80. The first-order valence-electron chi connectivity index (χ1n) is 6.35. The molecule has 0 radical (unpaired) electrons. The maximum absolute atomic E-state index is 12.5. The molecule has 2 aromatic rings. The van der Waals surface area contributed by atoms with E-state index in [1.54, 1.807) is 0 Å². The van der Waals surface area contributed by atoms with Crippen LogP contribution in [0.15, 0.2) is 22.6 Å². The minimum absolute atomic E-state index is 0.00168. The van der Waals surface area contributed by atoms with Crippen LogP contribution in [0.4, 0.5) is 18.9 Å². The van der Waals surface area contributed by atoms with Crippen LogP contribution >= 0.6 is 0 Å². The number of alkyl halides is 3. The minimum Gasteiger partial charge on any atom is -0.433 e. The van der Waals surface area contributed by atoms with Crippen LogP contribution in [0, 0.1) is 0 Å². The van der Waals surface area contributed by atoms with Crippen molar-refractivity contribution in [1.82, 2.24) is 4.98 Å². The highest BCUT2D eigenvalue weighted by Crippen LogP contribution is 2.31. The zero-order chi connectivity index (χ0) is 15.6. The number of nitrogens with two attached hydrogens (primary N) is 1. The molecule has 1 unspecified atom stereocenters. The number of anilines is 1. The van der Waals surface area contributed by atoms with E-state index in [2.05, 4.69) is 14.7 Å². The summed E-state index contributed by atoms with van der Waals surface area (Å²) in [6.07, 6.45) is -3.37. The molecule has 0 saturated heterocycles. The molecule has 0 aliphatic rings. The minimum atomic E-state index is -4.65. The van der Waals surface area contributed by atoms with Gasteiger partial charge in [-0.25, -0.2) is 4.98 Å². The van der Waals surface area contributed by atoms with Crippen LogP contribution in [0.25, 0.3) is 11.1 Å². The first-order chi connectivity index (χ1) is 9.81. The Hall–Kier alpha value is -2.09. The summed E-state index contributed by atoms with van der Waals surface area (Å²) in [5.74, 6) is -1.71. The van der Waals surface area contributed by atoms with E-state index in [9.17, 15) is 18.0 Å². The van der Waals surface area contributed by atoms with Gasteiger partial charge in [0.05, 0.1) is 6.04 Å². The Labute approximate surface area is 118 Å². The lowest BCUT2D eigenvalue weighted by Gasteiger charge is -2.10. The third kappa shape index (κ3) is 3.52. The molecule has 0 aliphatic heterocycles. The van der Waals surface area contributed by atoms with E-state index in [1.807, 2.05) is 6.92 Å². The van der Waals surface area contributed by atoms with E-state index in [0.717, 1.165) is 6.42 Å². The number of carbonyl (C=O) groups excluding carboxylic acids is 1. The van der Waals surface area contributed by atoms with Crippen LogP contribution in [-0.4, -0.2) is 16.9 Å². The molecule has 1 heterocycles. The Kier molecular flexibility index (Phi) is 4.17. The molecular formula is C13H14F3N3O2. The van der Waals surface area contributed by atoms with Gasteiger partial charge in [-0.15, -0.1) is 0 Å². The van der Waals surface area contributed by atoms with Crippen molar-refractivity contribution in [3.63, 3.8) is 0 Å². The third-order valence-corrected chi connectivity index (χ3v) is 2.83. The summed E-state index contributed by atoms with van der Waals surface area (Å²) in [6, 6.07) is 3.40. The van der Waals surface area contributed by atoms with E-state index in [-0.39, 0.29) is 11.1 Å². The van der Waals surface area contributed by atoms with Crippen LogP contribution < -0.4 is 11.1 Å². The second kappa shape index (κ2) is 5.72. The number of benzene rings is 1. The molecule has 1 atom stereocenters. The molecule has 1 aromatic carbocycles. The highest BCUT2D eigenvalue weighted by molar-refractivity contribution is 5.96. The van der Waals surface area contributed by atoms with Crippen molar-refractivity contribution in [2.24, 2.45) is 5.73 Å². The number of hydrogen-bond donors (Lipinski definition) is 2. The standard InChI is InChI=1S/C13H14F3N3O2/c1-2-3-8(17)11(20)18-7-4-5-10-9(6-7)19-12(21-10)13(14,15)16/h4-6,8H,2-3,17H2,1H3,(H,18,20). The molecule has 0 spiro atoms. The Balaban J connectivity index is 2.21. The summed E-state index contributed by atoms with van der Waals surface area (Å²) in [4.78, 5) is 15.1. The van der Waals surface area contributed by atoms with E-state index in [4.69, 9.17) is 5.73 Å². The normalized spacial score (nSPS) is 13.4. The van der Waals surface area contributed by atoms with Crippen LogP contribution in [-0.2, 0) is 11.0 Å². The summed E-state index contributed by atoms with van der Waals surface area (Å²) in [5.41, 5.74) is 5.99. The van der Waals surface area contributed by atoms with Crippen molar-refractivity contribution in [3.05, 3.63) is 24.1 Å². The molecule has 1 amide bonds. The number of aromatic nitrogens is 1. The number of nitrogens with zero attached hydrogens (tertiary/aromatic N) is 1. The van der Waals surface area contributed by atoms with E-state index in [1.165, 1.54) is 18.2 Å². The second-order valence-corrected chi connectivity index (χ2v) is 4.58. The Morgan fingerprint density at radius 1 is 1.48 bits per heavy atom. The van der Waals surface area contributed by atoms with Crippen LogP contribution in [0.5, 0.6) is 0 Å². The smallest absolute Gasteiger partial charge is 0.433 e. The van der Waals surface area contributed by atoms with Crippen molar-refractivity contribution < 1.29 is 22.4 Å². The fraction of sp³-hybridized carbons (Fsp3) is 0.385. The van der Waals surface area contributed by atoms with Crippen molar-refractivity contribution in [1.29, 1.82) is 0 Å². The Morgan fingerprint density at radius 3 is 2.81 bits per heavy atom. The van der Waals surface area contributed by atoms with Crippen LogP contribution in [0.2, 0.25) is 0 Å². The number of oxazole rings is 1. The highest BCUT2D eigenvalue weighted by atomic mass is 19.4. The van der Waals surface area contributed by atoms with Crippen molar-refractivity contribution >= 4 is 22.7 Å². The number of nitrogens with one attached hydrogen (secondary N) is 1. The molecule has 114 valence electrons. The predicted molar refractivity (Wildman–Crippen MR) is 70.5 cm³/mol. The van der Waals surface area contributed by atoms with Gasteiger partial charge in [0.2, 0.25) is 5.91 Å². The van der Waals surface area contributed by atoms with Crippen LogP contribution in [0.3, 0.4) is 0 Å². The van der Waals surface area contributed by atoms with Crippen molar-refractivity contribution in [2.45, 2.75) is 32.0 Å². The summed E-state index contributed by atoms with van der Waals surface area (Å²) < 4.78 is 42.1. The molecule has 5 nitrogen and oxygen atoms in total. The SMILES string of the molecule is CCCC(N)C(=O)Nc1ccc2oc(C(F)(F)F)nc2c1. The zero-order valence-electron chi connectivity index (χ0n) is 11.2. The highest BCUT2D eigenvalue weighted by Gasteiger charge is 2.37. The summed E-state index contributed by atoms with van der Waals surface area (Å²) in [7, 11) is 0. The van der Waals surface area contributed by atoms with Gasteiger partial charge in [-0.2, -0.15) is 13.2 Å². The van der Waals surface area contributed by atoms with Gasteiger partial charge >= 0.3 is 12.1 Å². The average molecular weight is 301 g/mol. The Morgan fingerprint density at radius 2 is 2.19 bits per heavy atom. The predicted octanol–water partition coefficient (Wildman–Crippen LogP) is 2.91. The molecular weight excluding hydrogens is 287 g/mol. The van der Waals surface area contributed by atoms with Crippen molar-refractivity contribution in [2.75, 3.05) is 5.32 Å². The molecule has 0 saturated carbocycles. The number of rotatable bonds is 4. The third-order valence-electron chi connectivity index (χ3n) is 2.83. The van der Waals surface area contributed by atoms with Gasteiger partial charge < -0.3 is 15.5 Å². The van der Waals surface area contributed by atoms with Gasteiger partial charge in [0, 0.05) is 5.69 Å². The van der Waals surface area contributed by atoms with E-state index >= 15 is 0 Å². The molecule has 21 heavy (non-hydrogen) atoms. The number of carbonyl (C=O) groups is 1. The van der Waals surface area contributed by atoms with Gasteiger partial charge in [0.15, 0.2) is 5.58 Å². The fourth-order valence-corrected chi connectivity index (χ4v) is 1.80.